The summed E-state index contributed by atoms with van der Waals surface area (Å²) in [6.07, 6.45) is 0.941. The maximum atomic E-state index is 13.6. The van der Waals surface area contributed by atoms with Gasteiger partial charge in [0.1, 0.15) is 5.82 Å². The van der Waals surface area contributed by atoms with E-state index >= 15 is 0 Å². The van der Waals surface area contributed by atoms with Crippen LogP contribution in [-0.2, 0) is 20.9 Å². The molecule has 17 heavy (non-hydrogen) atoms. The SMILES string of the molecule is CS(=O)(=O)OCc1c(F)ccc2ccccc12. The van der Waals surface area contributed by atoms with Gasteiger partial charge in [-0.2, -0.15) is 8.42 Å². The van der Waals surface area contributed by atoms with E-state index in [1.807, 2.05) is 12.1 Å². The van der Waals surface area contributed by atoms with Gasteiger partial charge in [0.2, 0.25) is 0 Å². The molecule has 0 saturated carbocycles. The Morgan fingerprint density at radius 1 is 1.18 bits per heavy atom. The molecule has 2 rings (SSSR count). The van der Waals surface area contributed by atoms with Crippen molar-refractivity contribution < 1.29 is 17.0 Å². The first-order chi connectivity index (χ1) is 7.97. The second kappa shape index (κ2) is 4.43. The standard InChI is InChI=1S/C12H11FO3S/c1-17(14,15)16-8-11-10-5-3-2-4-9(10)6-7-12(11)13/h2-7H,8H2,1H3. The highest BCUT2D eigenvalue weighted by atomic mass is 32.2. The van der Waals surface area contributed by atoms with Gasteiger partial charge >= 0.3 is 0 Å². The van der Waals surface area contributed by atoms with Crippen LogP contribution in [-0.4, -0.2) is 14.7 Å². The van der Waals surface area contributed by atoms with Crippen LogP contribution in [0.2, 0.25) is 0 Å². The third kappa shape index (κ3) is 2.81. The Labute approximate surface area is 99.0 Å². The predicted molar refractivity (Wildman–Crippen MR) is 63.5 cm³/mol. The number of halogens is 1. The van der Waals surface area contributed by atoms with E-state index in [1.165, 1.54) is 6.07 Å². The highest BCUT2D eigenvalue weighted by molar-refractivity contribution is 7.85. The van der Waals surface area contributed by atoms with Crippen molar-refractivity contribution in [1.82, 2.24) is 0 Å². The second-order valence-corrected chi connectivity index (χ2v) is 5.36. The van der Waals surface area contributed by atoms with Crippen molar-refractivity contribution in [3.05, 3.63) is 47.8 Å². The first-order valence-electron chi connectivity index (χ1n) is 4.98. The van der Waals surface area contributed by atoms with Crippen molar-refractivity contribution in [1.29, 1.82) is 0 Å². The van der Waals surface area contributed by atoms with Gasteiger partial charge in [-0.25, -0.2) is 4.39 Å². The fourth-order valence-corrected chi connectivity index (χ4v) is 1.95. The number of hydrogen-bond acceptors (Lipinski definition) is 3. The van der Waals surface area contributed by atoms with Crippen molar-refractivity contribution in [2.75, 3.05) is 6.26 Å². The summed E-state index contributed by atoms with van der Waals surface area (Å²) in [6.45, 7) is -0.286. The van der Waals surface area contributed by atoms with Crippen molar-refractivity contribution in [3.8, 4) is 0 Å². The highest BCUT2D eigenvalue weighted by Gasteiger charge is 2.10. The van der Waals surface area contributed by atoms with Crippen molar-refractivity contribution in [3.63, 3.8) is 0 Å². The summed E-state index contributed by atoms with van der Waals surface area (Å²) in [5, 5.41) is 1.51. The monoisotopic (exact) mass is 254 g/mol. The molecule has 0 aromatic heterocycles. The lowest BCUT2D eigenvalue weighted by Crippen LogP contribution is -2.04. The molecule has 0 aliphatic carbocycles. The van der Waals surface area contributed by atoms with E-state index in [1.54, 1.807) is 18.2 Å². The normalized spacial score (nSPS) is 11.9. The van der Waals surface area contributed by atoms with Gasteiger partial charge in [-0.15, -0.1) is 0 Å². The molecule has 0 atom stereocenters. The number of hydrogen-bond donors (Lipinski definition) is 0. The fourth-order valence-electron chi connectivity index (χ4n) is 1.62. The topological polar surface area (TPSA) is 43.4 Å². The van der Waals surface area contributed by atoms with E-state index in [0.717, 1.165) is 11.6 Å². The van der Waals surface area contributed by atoms with Gasteiger partial charge in [0.05, 0.1) is 12.9 Å². The van der Waals surface area contributed by atoms with Crippen LogP contribution in [0.25, 0.3) is 10.8 Å². The molecular weight excluding hydrogens is 243 g/mol. The molecule has 0 saturated heterocycles. The zero-order valence-corrected chi connectivity index (χ0v) is 10.00. The molecule has 5 heteroatoms. The van der Waals surface area contributed by atoms with Crippen LogP contribution in [0.15, 0.2) is 36.4 Å². The Morgan fingerprint density at radius 3 is 2.59 bits per heavy atom. The minimum Gasteiger partial charge on any atom is -0.265 e. The summed E-state index contributed by atoms with van der Waals surface area (Å²) in [5.74, 6) is -0.465. The molecule has 0 fully saturated rings. The molecule has 0 radical (unpaired) electrons. The summed E-state index contributed by atoms with van der Waals surface area (Å²) in [6, 6.07) is 10.1. The summed E-state index contributed by atoms with van der Waals surface area (Å²) in [4.78, 5) is 0. The third-order valence-corrected chi connectivity index (χ3v) is 2.95. The van der Waals surface area contributed by atoms with Gasteiger partial charge in [-0.1, -0.05) is 30.3 Å². The Balaban J connectivity index is 2.48. The Morgan fingerprint density at radius 2 is 1.88 bits per heavy atom. The van der Waals surface area contributed by atoms with Gasteiger partial charge in [0.15, 0.2) is 0 Å². The van der Waals surface area contributed by atoms with Gasteiger partial charge in [0.25, 0.3) is 10.1 Å². The molecule has 0 aliphatic heterocycles. The van der Waals surface area contributed by atoms with Crippen LogP contribution in [0.4, 0.5) is 4.39 Å². The maximum absolute atomic E-state index is 13.6. The Kier molecular flexibility index (Phi) is 3.13. The second-order valence-electron chi connectivity index (χ2n) is 3.71. The van der Waals surface area contributed by atoms with E-state index < -0.39 is 15.9 Å². The first-order valence-corrected chi connectivity index (χ1v) is 6.79. The number of rotatable bonds is 3. The van der Waals surface area contributed by atoms with E-state index in [0.29, 0.717) is 5.39 Å². The largest absolute Gasteiger partial charge is 0.265 e. The molecule has 0 bridgehead atoms. The van der Waals surface area contributed by atoms with Gasteiger partial charge in [0, 0.05) is 5.56 Å². The van der Waals surface area contributed by atoms with E-state index in [2.05, 4.69) is 4.18 Å². The minimum atomic E-state index is -3.57. The van der Waals surface area contributed by atoms with E-state index in [4.69, 9.17) is 0 Å². The average molecular weight is 254 g/mol. The summed E-state index contributed by atoms with van der Waals surface area (Å²) < 4.78 is 40.1. The molecule has 0 heterocycles. The molecule has 2 aromatic carbocycles. The average Bonchev–Trinajstić information content (AvgIpc) is 2.26. The minimum absolute atomic E-state index is 0.258. The Hall–Kier alpha value is -1.46. The number of benzene rings is 2. The molecule has 3 nitrogen and oxygen atoms in total. The molecule has 0 amide bonds. The lowest BCUT2D eigenvalue weighted by molar-refractivity contribution is 0.307. The van der Waals surface area contributed by atoms with Crippen molar-refractivity contribution in [2.24, 2.45) is 0 Å². The Bertz CT molecular complexity index is 650. The van der Waals surface area contributed by atoms with Crippen LogP contribution < -0.4 is 0 Å². The fraction of sp³-hybridized carbons (Fsp3) is 0.167. The summed E-state index contributed by atoms with van der Waals surface area (Å²) in [5.41, 5.74) is 0.258. The predicted octanol–water partition coefficient (Wildman–Crippen LogP) is 2.46. The van der Waals surface area contributed by atoms with Crippen LogP contribution >= 0.6 is 0 Å². The zero-order chi connectivity index (χ0) is 12.5. The smallest absolute Gasteiger partial charge is 0.264 e. The molecule has 0 unspecified atom stereocenters. The van der Waals surface area contributed by atoms with E-state index in [-0.39, 0.29) is 12.2 Å². The van der Waals surface area contributed by atoms with E-state index in [9.17, 15) is 12.8 Å². The quantitative estimate of drug-likeness (QED) is 0.790. The number of fused-ring (bicyclic) bond motifs is 1. The zero-order valence-electron chi connectivity index (χ0n) is 9.18. The van der Waals surface area contributed by atoms with Gasteiger partial charge in [-0.05, 0) is 16.8 Å². The first kappa shape index (κ1) is 12.0. The molecule has 2 aromatic rings. The lowest BCUT2D eigenvalue weighted by atomic mass is 10.0. The molecule has 90 valence electrons. The molecular formula is C12H11FO3S. The van der Waals surface area contributed by atoms with Crippen molar-refractivity contribution in [2.45, 2.75) is 6.61 Å². The van der Waals surface area contributed by atoms with Gasteiger partial charge in [-0.3, -0.25) is 4.18 Å². The molecule has 0 N–H and O–H groups in total. The highest BCUT2D eigenvalue weighted by Crippen LogP contribution is 2.22. The van der Waals surface area contributed by atoms with Crippen LogP contribution in [0.3, 0.4) is 0 Å². The maximum Gasteiger partial charge on any atom is 0.264 e. The molecule has 0 aliphatic rings. The summed E-state index contributed by atoms with van der Waals surface area (Å²) in [7, 11) is -3.57. The van der Waals surface area contributed by atoms with Crippen LogP contribution in [0.1, 0.15) is 5.56 Å². The summed E-state index contributed by atoms with van der Waals surface area (Å²) >= 11 is 0. The van der Waals surface area contributed by atoms with Crippen LogP contribution in [0, 0.1) is 5.82 Å². The molecule has 0 spiro atoms. The third-order valence-electron chi connectivity index (χ3n) is 2.40. The van der Waals surface area contributed by atoms with Crippen molar-refractivity contribution >= 4 is 20.9 Å². The van der Waals surface area contributed by atoms with Crippen LogP contribution in [0.5, 0.6) is 0 Å². The lowest BCUT2D eigenvalue weighted by Gasteiger charge is -2.07. The van der Waals surface area contributed by atoms with Gasteiger partial charge < -0.3 is 0 Å².